The molecule has 0 radical (unpaired) electrons. The van der Waals surface area contributed by atoms with Crippen molar-refractivity contribution < 1.29 is 9.72 Å². The molecule has 3 heterocycles. The van der Waals surface area contributed by atoms with Crippen molar-refractivity contribution >= 4 is 17.3 Å². The van der Waals surface area contributed by atoms with Gasteiger partial charge in [0.05, 0.1) is 16.7 Å². The van der Waals surface area contributed by atoms with E-state index in [0.29, 0.717) is 23.4 Å². The van der Waals surface area contributed by atoms with E-state index in [4.69, 9.17) is 0 Å². The Morgan fingerprint density at radius 2 is 2.25 bits per heavy atom. The topological polar surface area (TPSA) is 94.2 Å². The second-order valence-corrected chi connectivity index (χ2v) is 6.11. The van der Waals surface area contributed by atoms with Gasteiger partial charge in [-0.25, -0.2) is 4.98 Å². The van der Waals surface area contributed by atoms with Gasteiger partial charge in [0.15, 0.2) is 5.78 Å². The van der Waals surface area contributed by atoms with Crippen molar-refractivity contribution in [1.29, 1.82) is 0 Å². The lowest BCUT2D eigenvalue weighted by molar-refractivity contribution is -0.385. The van der Waals surface area contributed by atoms with Gasteiger partial charge in [0, 0.05) is 37.8 Å². The molecule has 1 saturated heterocycles. The number of ketones is 1. The summed E-state index contributed by atoms with van der Waals surface area (Å²) in [7, 11) is 1.78. The van der Waals surface area contributed by atoms with E-state index in [1.165, 1.54) is 6.20 Å². The van der Waals surface area contributed by atoms with E-state index in [1.807, 2.05) is 0 Å². The Morgan fingerprint density at radius 1 is 1.46 bits per heavy atom. The molecule has 0 N–H and O–H groups in total. The zero-order valence-corrected chi connectivity index (χ0v) is 13.7. The number of pyridine rings is 1. The summed E-state index contributed by atoms with van der Waals surface area (Å²) in [5.74, 6) is 0.748. The summed E-state index contributed by atoms with van der Waals surface area (Å²) in [5.41, 5.74) is 1.20. The minimum absolute atomic E-state index is 0.0148. The average molecular weight is 329 g/mol. The van der Waals surface area contributed by atoms with Crippen LogP contribution in [0.15, 0.2) is 24.7 Å². The normalized spacial score (nSPS) is 17.2. The molecule has 0 spiro atoms. The van der Waals surface area contributed by atoms with Crippen molar-refractivity contribution in [3.8, 4) is 0 Å². The molecule has 8 nitrogen and oxygen atoms in total. The molecule has 1 atom stereocenters. The van der Waals surface area contributed by atoms with Crippen molar-refractivity contribution in [2.45, 2.75) is 32.2 Å². The number of nitrogens with zero attached hydrogens (tertiary/aromatic N) is 5. The van der Waals surface area contributed by atoms with Crippen LogP contribution in [0.3, 0.4) is 0 Å². The van der Waals surface area contributed by atoms with E-state index >= 15 is 0 Å². The molecule has 0 amide bonds. The van der Waals surface area contributed by atoms with Crippen molar-refractivity contribution in [2.24, 2.45) is 7.05 Å². The maximum Gasteiger partial charge on any atom is 0.290 e. The van der Waals surface area contributed by atoms with Crippen LogP contribution >= 0.6 is 0 Å². The van der Waals surface area contributed by atoms with E-state index in [0.717, 1.165) is 19.4 Å². The number of aromatic nitrogens is 3. The molecule has 2 aromatic rings. The summed E-state index contributed by atoms with van der Waals surface area (Å²) in [4.78, 5) is 29.2. The summed E-state index contributed by atoms with van der Waals surface area (Å²) in [6.45, 7) is 2.50. The Balaban J connectivity index is 1.77. The van der Waals surface area contributed by atoms with E-state index in [-0.39, 0.29) is 17.5 Å². The number of nitro groups is 1. The highest BCUT2D eigenvalue weighted by Gasteiger charge is 2.29. The van der Waals surface area contributed by atoms with Gasteiger partial charge >= 0.3 is 0 Å². The van der Waals surface area contributed by atoms with Crippen LogP contribution in [0.2, 0.25) is 0 Å². The van der Waals surface area contributed by atoms with Crippen LogP contribution in [0.4, 0.5) is 11.5 Å². The third-order valence-corrected chi connectivity index (χ3v) is 4.38. The van der Waals surface area contributed by atoms with Crippen LogP contribution in [-0.4, -0.2) is 38.1 Å². The van der Waals surface area contributed by atoms with Gasteiger partial charge in [0.1, 0.15) is 12.0 Å². The molecular weight excluding hydrogens is 310 g/mol. The van der Waals surface area contributed by atoms with Crippen molar-refractivity contribution in [2.75, 3.05) is 11.4 Å². The Morgan fingerprint density at radius 3 is 2.88 bits per heavy atom. The average Bonchev–Trinajstić information content (AvgIpc) is 3.15. The quantitative estimate of drug-likeness (QED) is 0.474. The highest BCUT2D eigenvalue weighted by molar-refractivity contribution is 5.96. The summed E-state index contributed by atoms with van der Waals surface area (Å²) in [6, 6.07) is 1.79. The van der Waals surface area contributed by atoms with Crippen LogP contribution in [0.5, 0.6) is 0 Å². The molecule has 0 saturated carbocycles. The predicted octanol–water partition coefficient (Wildman–Crippen LogP) is 2.27. The number of Topliss-reactive ketones (excluding diaryl/α,β-unsaturated/α-hetero) is 1. The maximum atomic E-state index is 12.4. The highest BCUT2D eigenvalue weighted by Crippen LogP contribution is 2.29. The van der Waals surface area contributed by atoms with Crippen molar-refractivity contribution in [3.63, 3.8) is 0 Å². The number of carbonyl (C=O) groups is 1. The Labute approximate surface area is 139 Å². The zero-order chi connectivity index (χ0) is 17.3. The molecule has 1 fully saturated rings. The maximum absolute atomic E-state index is 12.4. The Bertz CT molecular complexity index is 786. The Kier molecular flexibility index (Phi) is 4.28. The van der Waals surface area contributed by atoms with Gasteiger partial charge in [-0.2, -0.15) is 5.10 Å². The molecule has 3 rings (SSSR count). The number of anilines is 1. The fraction of sp³-hybridized carbons (Fsp3) is 0.438. The lowest BCUT2D eigenvalue weighted by Gasteiger charge is -2.25. The minimum atomic E-state index is -0.431. The van der Waals surface area contributed by atoms with E-state index in [9.17, 15) is 14.9 Å². The van der Waals surface area contributed by atoms with E-state index in [1.54, 1.807) is 37.1 Å². The third-order valence-electron chi connectivity index (χ3n) is 4.38. The molecule has 0 bridgehead atoms. The first-order chi connectivity index (χ1) is 11.5. The molecule has 2 aromatic heterocycles. The summed E-state index contributed by atoms with van der Waals surface area (Å²) < 4.78 is 1.61. The second-order valence-electron chi connectivity index (χ2n) is 6.11. The standard InChI is InChI=1S/C16H19N5O3/c1-11-6-16(17-9-14(11)21(23)24)20-5-3-4-13(20)7-15(22)12-8-18-19(2)10-12/h6,8-10,13H,3-5,7H2,1-2H3. The Hall–Kier alpha value is -2.77. The molecule has 1 aliphatic rings. The van der Waals surface area contributed by atoms with Gasteiger partial charge in [-0.15, -0.1) is 0 Å². The van der Waals surface area contributed by atoms with Gasteiger partial charge in [0.25, 0.3) is 5.69 Å². The van der Waals surface area contributed by atoms with Gasteiger partial charge in [-0.3, -0.25) is 19.6 Å². The first-order valence-electron chi connectivity index (χ1n) is 7.85. The largest absolute Gasteiger partial charge is 0.353 e. The lowest BCUT2D eigenvalue weighted by Crippen LogP contribution is -2.32. The summed E-state index contributed by atoms with van der Waals surface area (Å²) >= 11 is 0. The van der Waals surface area contributed by atoms with Gasteiger partial charge < -0.3 is 4.90 Å². The van der Waals surface area contributed by atoms with Crippen molar-refractivity contribution in [3.05, 3.63) is 45.9 Å². The first-order valence-corrected chi connectivity index (χ1v) is 7.85. The predicted molar refractivity (Wildman–Crippen MR) is 88.2 cm³/mol. The number of carbonyl (C=O) groups excluding carboxylic acids is 1. The molecule has 1 unspecified atom stereocenters. The number of aryl methyl sites for hydroxylation is 2. The molecular formula is C16H19N5O3. The van der Waals surface area contributed by atoms with E-state index < -0.39 is 4.92 Å². The summed E-state index contributed by atoms with van der Waals surface area (Å²) in [5, 5.41) is 15.0. The highest BCUT2D eigenvalue weighted by atomic mass is 16.6. The number of rotatable bonds is 5. The monoisotopic (exact) mass is 329 g/mol. The molecule has 1 aliphatic heterocycles. The van der Waals surface area contributed by atoms with Crippen LogP contribution in [0.25, 0.3) is 0 Å². The SMILES string of the molecule is Cc1cc(N2CCCC2CC(=O)c2cnn(C)c2)ncc1[N+](=O)[O-]. The lowest BCUT2D eigenvalue weighted by atomic mass is 10.0. The third kappa shape index (κ3) is 3.12. The number of hydrogen-bond acceptors (Lipinski definition) is 6. The van der Waals surface area contributed by atoms with E-state index in [2.05, 4.69) is 15.0 Å². The second kappa shape index (κ2) is 6.38. The van der Waals surface area contributed by atoms with Crippen LogP contribution < -0.4 is 4.90 Å². The minimum Gasteiger partial charge on any atom is -0.353 e. The molecule has 0 aliphatic carbocycles. The molecule has 126 valence electrons. The summed E-state index contributed by atoms with van der Waals surface area (Å²) in [6.07, 6.45) is 6.87. The number of hydrogen-bond donors (Lipinski definition) is 0. The van der Waals surface area contributed by atoms with Gasteiger partial charge in [-0.1, -0.05) is 0 Å². The first kappa shape index (κ1) is 16.1. The van der Waals surface area contributed by atoms with Gasteiger partial charge in [-0.05, 0) is 25.8 Å². The van der Waals surface area contributed by atoms with Crippen LogP contribution in [0.1, 0.15) is 35.2 Å². The van der Waals surface area contributed by atoms with Crippen molar-refractivity contribution in [1.82, 2.24) is 14.8 Å². The fourth-order valence-electron chi connectivity index (χ4n) is 3.13. The smallest absolute Gasteiger partial charge is 0.290 e. The molecule has 8 heteroatoms. The van der Waals surface area contributed by atoms with Crippen LogP contribution in [-0.2, 0) is 7.05 Å². The zero-order valence-electron chi connectivity index (χ0n) is 13.7. The molecule has 24 heavy (non-hydrogen) atoms. The van der Waals surface area contributed by atoms with Gasteiger partial charge in [0.2, 0.25) is 0 Å². The molecule has 0 aromatic carbocycles. The fourth-order valence-corrected chi connectivity index (χ4v) is 3.13. The van der Waals surface area contributed by atoms with Crippen LogP contribution in [0, 0.1) is 17.0 Å².